The monoisotopic (exact) mass is 373 g/mol. The van der Waals surface area contributed by atoms with Crippen molar-refractivity contribution in [2.75, 3.05) is 13.1 Å². The lowest BCUT2D eigenvalue weighted by molar-refractivity contribution is -0.147. The first-order chi connectivity index (χ1) is 12.3. The van der Waals surface area contributed by atoms with E-state index in [2.05, 4.69) is 9.88 Å². The second kappa shape index (κ2) is 7.58. The van der Waals surface area contributed by atoms with E-state index in [0.29, 0.717) is 37.5 Å². The number of alkyl halides is 3. The molecule has 0 spiro atoms. The lowest BCUT2D eigenvalue weighted by Gasteiger charge is -2.32. The largest absolute Gasteiger partial charge is 0.481 e. The fourth-order valence-corrected chi connectivity index (χ4v) is 4.15. The third-order valence-corrected chi connectivity index (χ3v) is 5.64. The van der Waals surface area contributed by atoms with Gasteiger partial charge in [0.15, 0.2) is 0 Å². The molecule has 1 aromatic heterocycles. The van der Waals surface area contributed by atoms with Crippen LogP contribution in [0.3, 0.4) is 0 Å². The van der Waals surface area contributed by atoms with Gasteiger partial charge in [-0.25, -0.2) is 4.98 Å². The Morgan fingerprint density at radius 2 is 1.96 bits per heavy atom. The topological polar surface area (TPSA) is 58.4 Å². The van der Waals surface area contributed by atoms with Gasteiger partial charge in [0.1, 0.15) is 0 Å². The van der Waals surface area contributed by atoms with Crippen LogP contribution in [-0.2, 0) is 30.5 Å². The summed E-state index contributed by atoms with van der Waals surface area (Å²) in [5.41, 5.74) is 1.31. The van der Waals surface area contributed by atoms with Crippen LogP contribution in [0, 0.1) is 11.8 Å². The Morgan fingerprint density at radius 3 is 2.58 bits per heavy atom. The summed E-state index contributed by atoms with van der Waals surface area (Å²) in [6, 6.07) is 0. The van der Waals surface area contributed by atoms with Gasteiger partial charge in [-0.2, -0.15) is 13.2 Å². The van der Waals surface area contributed by atoms with Crippen molar-refractivity contribution in [1.29, 1.82) is 0 Å². The number of carboxylic acid groups (broad SMARTS) is 1. The summed E-state index contributed by atoms with van der Waals surface area (Å²) in [7, 11) is 0. The van der Waals surface area contributed by atoms with Gasteiger partial charge in [0, 0.05) is 18.8 Å². The van der Waals surface area contributed by atoms with E-state index in [1.165, 1.54) is 4.57 Å². The molecular formula is C18H26F3N3O2. The van der Waals surface area contributed by atoms with Gasteiger partial charge in [0.25, 0.3) is 0 Å². The highest BCUT2D eigenvalue weighted by atomic mass is 19.4. The Kier molecular flexibility index (Phi) is 5.60. The summed E-state index contributed by atoms with van der Waals surface area (Å²) in [6.45, 7) is 4.14. The third-order valence-electron chi connectivity index (χ3n) is 5.64. The number of piperidine rings is 1. The summed E-state index contributed by atoms with van der Waals surface area (Å²) in [5.74, 6) is -1.50. The van der Waals surface area contributed by atoms with Gasteiger partial charge in [0.05, 0.1) is 11.6 Å². The van der Waals surface area contributed by atoms with Crippen LogP contribution in [0.1, 0.15) is 56.2 Å². The van der Waals surface area contributed by atoms with E-state index < -0.39 is 18.0 Å². The van der Waals surface area contributed by atoms with Crippen LogP contribution in [0.25, 0.3) is 0 Å². The zero-order valence-electron chi connectivity index (χ0n) is 15.1. The van der Waals surface area contributed by atoms with E-state index in [-0.39, 0.29) is 5.92 Å². The van der Waals surface area contributed by atoms with E-state index >= 15 is 0 Å². The fraction of sp³-hybridized carbons (Fsp3) is 0.778. The molecule has 146 valence electrons. The van der Waals surface area contributed by atoms with Gasteiger partial charge in [0.2, 0.25) is 5.82 Å². The van der Waals surface area contributed by atoms with Crippen LogP contribution >= 0.6 is 0 Å². The highest BCUT2D eigenvalue weighted by molar-refractivity contribution is 5.69. The molecule has 1 saturated heterocycles. The zero-order chi connectivity index (χ0) is 18.9. The number of imidazole rings is 1. The second-order valence-electron chi connectivity index (χ2n) is 7.63. The summed E-state index contributed by atoms with van der Waals surface area (Å²) < 4.78 is 41.1. The molecule has 2 aliphatic rings. The maximum atomic E-state index is 13.3. The van der Waals surface area contributed by atoms with Gasteiger partial charge in [-0.05, 0) is 57.5 Å². The van der Waals surface area contributed by atoms with Crippen molar-refractivity contribution in [3.63, 3.8) is 0 Å². The lowest BCUT2D eigenvalue weighted by atomic mass is 9.88. The first kappa shape index (κ1) is 19.2. The first-order valence-corrected chi connectivity index (χ1v) is 9.36. The molecule has 2 aliphatic heterocycles. The van der Waals surface area contributed by atoms with E-state index in [9.17, 15) is 18.0 Å². The van der Waals surface area contributed by atoms with Crippen molar-refractivity contribution < 1.29 is 23.1 Å². The third kappa shape index (κ3) is 4.22. The van der Waals surface area contributed by atoms with Crippen LogP contribution in [-0.4, -0.2) is 38.6 Å². The highest BCUT2D eigenvalue weighted by Gasteiger charge is 2.39. The molecular weight excluding hydrogens is 347 g/mol. The van der Waals surface area contributed by atoms with E-state index in [4.69, 9.17) is 5.11 Å². The first-order valence-electron chi connectivity index (χ1n) is 9.36. The van der Waals surface area contributed by atoms with Crippen LogP contribution in [0.4, 0.5) is 13.2 Å². The van der Waals surface area contributed by atoms with Crippen LogP contribution in [0.15, 0.2) is 0 Å². The fourth-order valence-electron chi connectivity index (χ4n) is 4.15. The molecule has 1 atom stereocenters. The summed E-state index contributed by atoms with van der Waals surface area (Å²) in [5, 5.41) is 9.03. The smallest absolute Gasteiger partial charge is 0.449 e. The molecule has 3 heterocycles. The molecule has 1 N–H and O–H groups in total. The average Bonchev–Trinajstić information content (AvgIpc) is 2.95. The Morgan fingerprint density at radius 1 is 1.27 bits per heavy atom. The van der Waals surface area contributed by atoms with Crippen LogP contribution < -0.4 is 0 Å². The standard InChI is InChI=1S/C18H26F3N3O2/c1-12(16(25)26)10-13-5-8-23(9-6-13)11-14-15-4-2-3-7-24(15)17(22-14)18(19,20)21/h12-13H,2-11H2,1H3,(H,25,26). The molecule has 0 bridgehead atoms. The van der Waals surface area contributed by atoms with Gasteiger partial charge < -0.3 is 9.67 Å². The quantitative estimate of drug-likeness (QED) is 0.857. The minimum atomic E-state index is -4.41. The Labute approximate surface area is 151 Å². The van der Waals surface area contributed by atoms with Crippen molar-refractivity contribution in [1.82, 2.24) is 14.5 Å². The maximum Gasteiger partial charge on any atom is 0.449 e. The van der Waals surface area contributed by atoms with Crippen molar-refractivity contribution in [2.24, 2.45) is 11.8 Å². The van der Waals surface area contributed by atoms with Crippen LogP contribution in [0.5, 0.6) is 0 Å². The Hall–Kier alpha value is -1.57. The van der Waals surface area contributed by atoms with Crippen molar-refractivity contribution in [3.8, 4) is 0 Å². The molecule has 0 saturated carbocycles. The lowest BCUT2D eigenvalue weighted by Crippen LogP contribution is -2.34. The number of aromatic nitrogens is 2. The molecule has 0 aromatic carbocycles. The molecule has 8 heteroatoms. The number of likely N-dealkylation sites (tertiary alicyclic amines) is 1. The highest BCUT2D eigenvalue weighted by Crippen LogP contribution is 2.34. The minimum Gasteiger partial charge on any atom is -0.481 e. The molecule has 0 aliphatic carbocycles. The number of carboxylic acids is 1. The minimum absolute atomic E-state index is 0.346. The predicted octanol–water partition coefficient (Wildman–Crippen LogP) is 3.56. The number of halogens is 3. The van der Waals surface area contributed by atoms with E-state index in [1.807, 2.05) is 0 Å². The normalized spacial score (nSPS) is 20.8. The Bertz CT molecular complexity index is 649. The van der Waals surface area contributed by atoms with Gasteiger partial charge in [-0.1, -0.05) is 6.92 Å². The summed E-state index contributed by atoms with van der Waals surface area (Å²) >= 11 is 0. The summed E-state index contributed by atoms with van der Waals surface area (Å²) in [6.07, 6.45) is 0.361. The molecule has 0 amide bonds. The molecule has 1 unspecified atom stereocenters. The van der Waals surface area contributed by atoms with Crippen molar-refractivity contribution >= 4 is 5.97 Å². The van der Waals surface area contributed by atoms with E-state index in [1.54, 1.807) is 6.92 Å². The van der Waals surface area contributed by atoms with E-state index in [0.717, 1.165) is 44.5 Å². The predicted molar refractivity (Wildman–Crippen MR) is 89.6 cm³/mol. The SMILES string of the molecule is CC(CC1CCN(Cc2nc(C(F)(F)F)n3c2CCCC3)CC1)C(=O)O. The van der Waals surface area contributed by atoms with Crippen LogP contribution in [0.2, 0.25) is 0 Å². The number of fused-ring (bicyclic) bond motifs is 1. The number of carbonyl (C=O) groups is 1. The second-order valence-corrected chi connectivity index (χ2v) is 7.63. The van der Waals surface area contributed by atoms with Gasteiger partial charge in [-0.15, -0.1) is 0 Å². The number of nitrogens with zero attached hydrogens (tertiary/aromatic N) is 3. The molecule has 3 rings (SSSR count). The number of aliphatic carboxylic acids is 1. The molecule has 1 aromatic rings. The molecule has 5 nitrogen and oxygen atoms in total. The maximum absolute atomic E-state index is 13.3. The zero-order valence-corrected chi connectivity index (χ0v) is 15.1. The van der Waals surface area contributed by atoms with Gasteiger partial charge >= 0.3 is 12.1 Å². The Balaban J connectivity index is 1.64. The number of hydrogen-bond donors (Lipinski definition) is 1. The average molecular weight is 373 g/mol. The molecule has 26 heavy (non-hydrogen) atoms. The number of rotatable bonds is 5. The number of hydrogen-bond acceptors (Lipinski definition) is 3. The van der Waals surface area contributed by atoms with Crippen molar-refractivity contribution in [2.45, 2.75) is 64.7 Å². The van der Waals surface area contributed by atoms with Crippen molar-refractivity contribution in [3.05, 3.63) is 17.2 Å². The summed E-state index contributed by atoms with van der Waals surface area (Å²) in [4.78, 5) is 17.1. The molecule has 0 radical (unpaired) electrons. The molecule has 1 fully saturated rings. The van der Waals surface area contributed by atoms with Gasteiger partial charge in [-0.3, -0.25) is 9.69 Å².